The molecule has 0 amide bonds. The van der Waals surface area contributed by atoms with Crippen LogP contribution in [0.3, 0.4) is 0 Å². The molecule has 3 heteroatoms. The lowest BCUT2D eigenvalue weighted by molar-refractivity contribution is 0.0921. The van der Waals surface area contributed by atoms with E-state index in [0.717, 1.165) is 5.56 Å². The first-order valence-corrected chi connectivity index (χ1v) is 6.40. The molecule has 0 aliphatic heterocycles. The second kappa shape index (κ2) is 6.15. The van der Waals surface area contributed by atoms with E-state index in [1.54, 1.807) is 30.3 Å². The molecule has 0 bridgehead atoms. The van der Waals surface area contributed by atoms with Gasteiger partial charge in [-0.3, -0.25) is 9.59 Å². The van der Waals surface area contributed by atoms with Crippen LogP contribution in [0, 0.1) is 6.92 Å². The Labute approximate surface area is 118 Å². The van der Waals surface area contributed by atoms with Gasteiger partial charge in [-0.05, 0) is 31.5 Å². The van der Waals surface area contributed by atoms with Gasteiger partial charge in [0, 0.05) is 11.1 Å². The second-order valence-corrected chi connectivity index (χ2v) is 4.61. The lowest BCUT2D eigenvalue weighted by Crippen LogP contribution is -2.13. The summed E-state index contributed by atoms with van der Waals surface area (Å²) in [5, 5.41) is 0. The van der Waals surface area contributed by atoms with Crippen molar-refractivity contribution in [1.82, 2.24) is 0 Å². The maximum atomic E-state index is 12.1. The van der Waals surface area contributed by atoms with Gasteiger partial charge in [0.1, 0.15) is 5.75 Å². The fourth-order valence-electron chi connectivity index (χ4n) is 1.92. The Morgan fingerprint density at radius 2 is 1.80 bits per heavy atom. The van der Waals surface area contributed by atoms with Crippen molar-refractivity contribution in [2.45, 2.75) is 13.8 Å². The van der Waals surface area contributed by atoms with Crippen molar-refractivity contribution in [3.8, 4) is 5.75 Å². The smallest absolute Gasteiger partial charge is 0.200 e. The second-order valence-electron chi connectivity index (χ2n) is 4.61. The van der Waals surface area contributed by atoms with Crippen LogP contribution in [0.5, 0.6) is 5.75 Å². The molecule has 102 valence electrons. The molecule has 0 radical (unpaired) electrons. The van der Waals surface area contributed by atoms with E-state index in [-0.39, 0.29) is 18.2 Å². The van der Waals surface area contributed by atoms with E-state index >= 15 is 0 Å². The quantitative estimate of drug-likeness (QED) is 0.780. The zero-order chi connectivity index (χ0) is 14.5. The molecule has 0 heterocycles. The van der Waals surface area contributed by atoms with E-state index in [0.29, 0.717) is 16.9 Å². The average molecular weight is 268 g/mol. The van der Waals surface area contributed by atoms with E-state index in [9.17, 15) is 9.59 Å². The number of carbonyl (C=O) groups excluding carboxylic acids is 2. The van der Waals surface area contributed by atoms with Gasteiger partial charge in [0.15, 0.2) is 18.2 Å². The fourth-order valence-corrected chi connectivity index (χ4v) is 1.92. The van der Waals surface area contributed by atoms with Crippen LogP contribution >= 0.6 is 0 Å². The van der Waals surface area contributed by atoms with Crippen LogP contribution in [-0.4, -0.2) is 18.2 Å². The topological polar surface area (TPSA) is 43.4 Å². The summed E-state index contributed by atoms with van der Waals surface area (Å²) in [5.74, 6) is 0.427. The minimum absolute atomic E-state index is 0.0271. The lowest BCUT2D eigenvalue weighted by atomic mass is 10.1. The van der Waals surface area contributed by atoms with Gasteiger partial charge < -0.3 is 4.74 Å². The number of hydrogen-bond acceptors (Lipinski definition) is 3. The van der Waals surface area contributed by atoms with Crippen molar-refractivity contribution < 1.29 is 14.3 Å². The highest BCUT2D eigenvalue weighted by atomic mass is 16.5. The van der Waals surface area contributed by atoms with E-state index in [1.165, 1.54) is 6.92 Å². The molecule has 0 saturated heterocycles. The average Bonchev–Trinajstić information content (AvgIpc) is 2.45. The molecular weight excluding hydrogens is 252 g/mol. The van der Waals surface area contributed by atoms with Gasteiger partial charge in [0.2, 0.25) is 0 Å². The van der Waals surface area contributed by atoms with Gasteiger partial charge >= 0.3 is 0 Å². The van der Waals surface area contributed by atoms with E-state index in [1.807, 2.05) is 25.1 Å². The lowest BCUT2D eigenvalue weighted by Gasteiger charge is -2.08. The van der Waals surface area contributed by atoms with Crippen LogP contribution in [-0.2, 0) is 0 Å². The molecule has 0 saturated carbocycles. The number of carbonyl (C=O) groups is 2. The number of ketones is 2. The summed E-state index contributed by atoms with van der Waals surface area (Å²) in [6.45, 7) is 3.35. The van der Waals surface area contributed by atoms with Crippen LogP contribution < -0.4 is 4.74 Å². The third-order valence-electron chi connectivity index (χ3n) is 3.06. The molecule has 0 atom stereocenters. The maximum absolute atomic E-state index is 12.1. The Balaban J connectivity index is 2.06. The molecule has 0 aliphatic rings. The molecule has 2 aromatic carbocycles. The van der Waals surface area contributed by atoms with Crippen LogP contribution in [0.1, 0.15) is 33.2 Å². The van der Waals surface area contributed by atoms with Crippen molar-refractivity contribution >= 4 is 11.6 Å². The standard InChI is InChI=1S/C17H16O3/c1-12-6-3-4-9-16(12)17(19)11-20-15-8-5-7-14(10-15)13(2)18/h3-10H,11H2,1-2H3. The maximum Gasteiger partial charge on any atom is 0.200 e. The van der Waals surface area contributed by atoms with Crippen LogP contribution in [0.25, 0.3) is 0 Å². The molecule has 0 unspecified atom stereocenters. The minimum Gasteiger partial charge on any atom is -0.485 e. The molecule has 0 aromatic heterocycles. The molecule has 0 aliphatic carbocycles. The van der Waals surface area contributed by atoms with E-state index < -0.39 is 0 Å². The first kappa shape index (κ1) is 14.0. The molecule has 20 heavy (non-hydrogen) atoms. The molecule has 2 rings (SSSR count). The Morgan fingerprint density at radius 3 is 2.50 bits per heavy atom. The summed E-state index contributed by atoms with van der Waals surface area (Å²) in [6.07, 6.45) is 0. The number of aryl methyl sites for hydroxylation is 1. The predicted octanol–water partition coefficient (Wildman–Crippen LogP) is 3.46. The van der Waals surface area contributed by atoms with Crippen molar-refractivity contribution in [3.63, 3.8) is 0 Å². The highest BCUT2D eigenvalue weighted by Gasteiger charge is 2.09. The molecule has 0 fully saturated rings. The molecule has 0 N–H and O–H groups in total. The minimum atomic E-state index is -0.0728. The largest absolute Gasteiger partial charge is 0.485 e. The van der Waals surface area contributed by atoms with E-state index in [2.05, 4.69) is 0 Å². The van der Waals surface area contributed by atoms with Gasteiger partial charge in [0.05, 0.1) is 0 Å². The molecular formula is C17H16O3. The molecule has 0 spiro atoms. The van der Waals surface area contributed by atoms with Crippen molar-refractivity contribution in [2.24, 2.45) is 0 Å². The number of rotatable bonds is 5. The normalized spacial score (nSPS) is 10.1. The SMILES string of the molecule is CC(=O)c1cccc(OCC(=O)c2ccccc2C)c1. The summed E-state index contributed by atoms with van der Waals surface area (Å²) >= 11 is 0. The van der Waals surface area contributed by atoms with Gasteiger partial charge in [-0.2, -0.15) is 0 Å². The van der Waals surface area contributed by atoms with Crippen LogP contribution in [0.4, 0.5) is 0 Å². The first-order valence-electron chi connectivity index (χ1n) is 6.40. The molecule has 3 nitrogen and oxygen atoms in total. The highest BCUT2D eigenvalue weighted by molar-refractivity contribution is 5.98. The van der Waals surface area contributed by atoms with Gasteiger partial charge in [-0.1, -0.05) is 36.4 Å². The Morgan fingerprint density at radius 1 is 1.05 bits per heavy atom. The summed E-state index contributed by atoms with van der Waals surface area (Å²) in [4.78, 5) is 23.3. The zero-order valence-electron chi connectivity index (χ0n) is 11.6. The number of Topliss-reactive ketones (excluding diaryl/α,β-unsaturated/α-hetero) is 2. The highest BCUT2D eigenvalue weighted by Crippen LogP contribution is 2.15. The summed E-state index contributed by atoms with van der Waals surface area (Å²) < 4.78 is 5.47. The monoisotopic (exact) mass is 268 g/mol. The van der Waals surface area contributed by atoms with Gasteiger partial charge in [-0.15, -0.1) is 0 Å². The summed E-state index contributed by atoms with van der Waals surface area (Å²) in [7, 11) is 0. The van der Waals surface area contributed by atoms with Crippen molar-refractivity contribution in [1.29, 1.82) is 0 Å². The fraction of sp³-hybridized carbons (Fsp3) is 0.176. The van der Waals surface area contributed by atoms with Gasteiger partial charge in [-0.25, -0.2) is 0 Å². The molecule has 2 aromatic rings. The number of ether oxygens (including phenoxy) is 1. The van der Waals surface area contributed by atoms with Crippen LogP contribution in [0.15, 0.2) is 48.5 Å². The predicted molar refractivity (Wildman–Crippen MR) is 77.5 cm³/mol. The van der Waals surface area contributed by atoms with Gasteiger partial charge in [0.25, 0.3) is 0 Å². The summed E-state index contributed by atoms with van der Waals surface area (Å²) in [6, 6.07) is 14.2. The zero-order valence-corrected chi connectivity index (χ0v) is 11.6. The summed E-state index contributed by atoms with van der Waals surface area (Å²) in [5.41, 5.74) is 2.17. The Bertz CT molecular complexity index is 644. The van der Waals surface area contributed by atoms with Crippen molar-refractivity contribution in [3.05, 3.63) is 65.2 Å². The first-order chi connectivity index (χ1) is 9.58. The third-order valence-corrected chi connectivity index (χ3v) is 3.06. The number of benzene rings is 2. The van der Waals surface area contributed by atoms with Crippen molar-refractivity contribution in [2.75, 3.05) is 6.61 Å². The third kappa shape index (κ3) is 3.32. The van der Waals surface area contributed by atoms with E-state index in [4.69, 9.17) is 4.74 Å². The Kier molecular flexibility index (Phi) is 4.31. The Hall–Kier alpha value is -2.42. The number of hydrogen-bond donors (Lipinski definition) is 0. The van der Waals surface area contributed by atoms with Crippen LogP contribution in [0.2, 0.25) is 0 Å².